The van der Waals surface area contributed by atoms with Gasteiger partial charge in [0.25, 0.3) is 5.56 Å². The molecule has 0 spiro atoms. The molecule has 0 unspecified atom stereocenters. The fourth-order valence-electron chi connectivity index (χ4n) is 3.19. The van der Waals surface area contributed by atoms with Gasteiger partial charge in [-0.05, 0) is 50.1 Å². The molecule has 1 amide bonds. The highest BCUT2D eigenvalue weighted by Gasteiger charge is 2.16. The summed E-state index contributed by atoms with van der Waals surface area (Å²) in [5, 5.41) is 3.51. The van der Waals surface area contributed by atoms with E-state index in [9.17, 15) is 14.0 Å². The smallest absolute Gasteiger partial charge is 0.271 e. The molecule has 6 nitrogen and oxygen atoms in total. The molecule has 4 rings (SSSR count). The summed E-state index contributed by atoms with van der Waals surface area (Å²) in [5.74, 6) is -0.868. The maximum atomic E-state index is 13.4. The molecule has 0 aliphatic rings. The number of nitrogens with one attached hydrogen (secondary N) is 1. The second kappa shape index (κ2) is 6.79. The number of carbonyl (C=O) groups excluding carboxylic acids is 1. The highest BCUT2D eigenvalue weighted by Crippen LogP contribution is 2.31. The highest BCUT2D eigenvalue weighted by molar-refractivity contribution is 7.25. The lowest BCUT2D eigenvalue weighted by molar-refractivity contribution is -0.116. The number of hydrogen-bond donors (Lipinski definition) is 1. The van der Waals surface area contributed by atoms with E-state index in [1.165, 1.54) is 34.4 Å². The van der Waals surface area contributed by atoms with Crippen LogP contribution in [0.3, 0.4) is 0 Å². The number of rotatable bonds is 3. The topological polar surface area (TPSA) is 76.9 Å². The van der Waals surface area contributed by atoms with Gasteiger partial charge in [0.1, 0.15) is 21.9 Å². The number of amides is 1. The maximum Gasteiger partial charge on any atom is 0.271 e. The minimum atomic E-state index is -0.440. The number of anilines is 1. The molecule has 8 heteroatoms. The van der Waals surface area contributed by atoms with Crippen LogP contribution < -0.4 is 10.9 Å². The van der Waals surface area contributed by atoms with Gasteiger partial charge in [-0.15, -0.1) is 11.3 Å². The molecule has 4 aromatic rings. The Kier molecular flexibility index (Phi) is 4.43. The van der Waals surface area contributed by atoms with Crippen LogP contribution in [0.4, 0.5) is 10.1 Å². The Balaban J connectivity index is 1.69. The Labute approximate surface area is 163 Å². The van der Waals surface area contributed by atoms with Crippen LogP contribution in [0.25, 0.3) is 20.4 Å². The van der Waals surface area contributed by atoms with Crippen LogP contribution in [0.5, 0.6) is 0 Å². The number of halogens is 1. The van der Waals surface area contributed by atoms with E-state index < -0.39 is 11.7 Å². The van der Waals surface area contributed by atoms with Crippen molar-refractivity contribution in [2.75, 3.05) is 5.32 Å². The van der Waals surface area contributed by atoms with Crippen LogP contribution >= 0.6 is 11.3 Å². The van der Waals surface area contributed by atoms with Gasteiger partial charge in [0.15, 0.2) is 0 Å². The normalized spacial score (nSPS) is 11.3. The molecule has 1 aromatic carbocycles. The number of pyridine rings is 1. The molecule has 0 aliphatic carbocycles. The van der Waals surface area contributed by atoms with Gasteiger partial charge in [0.2, 0.25) is 5.91 Å². The van der Waals surface area contributed by atoms with Crippen LogP contribution in [-0.2, 0) is 11.3 Å². The number of fused-ring (bicyclic) bond motifs is 3. The summed E-state index contributed by atoms with van der Waals surface area (Å²) >= 11 is 1.28. The van der Waals surface area contributed by atoms with Gasteiger partial charge in [-0.3, -0.25) is 14.2 Å². The predicted octanol–water partition coefficient (Wildman–Crippen LogP) is 3.71. The van der Waals surface area contributed by atoms with E-state index >= 15 is 0 Å². The van der Waals surface area contributed by atoms with E-state index in [-0.39, 0.29) is 12.1 Å². The average molecular weight is 396 g/mol. The third-order valence-electron chi connectivity index (χ3n) is 4.53. The molecule has 0 bridgehead atoms. The van der Waals surface area contributed by atoms with Crippen molar-refractivity contribution in [3.63, 3.8) is 0 Å². The van der Waals surface area contributed by atoms with Crippen molar-refractivity contribution in [1.29, 1.82) is 0 Å². The second-order valence-electron chi connectivity index (χ2n) is 6.73. The monoisotopic (exact) mass is 396 g/mol. The van der Waals surface area contributed by atoms with Crippen molar-refractivity contribution in [1.82, 2.24) is 14.5 Å². The molecule has 28 heavy (non-hydrogen) atoms. The van der Waals surface area contributed by atoms with Crippen LogP contribution in [0.1, 0.15) is 16.8 Å². The molecule has 0 radical (unpaired) electrons. The first-order valence-corrected chi connectivity index (χ1v) is 9.47. The van der Waals surface area contributed by atoms with Gasteiger partial charge >= 0.3 is 0 Å². The quantitative estimate of drug-likeness (QED) is 0.573. The summed E-state index contributed by atoms with van der Waals surface area (Å²) < 4.78 is 15.1. The first-order chi connectivity index (χ1) is 13.3. The van der Waals surface area contributed by atoms with Crippen molar-refractivity contribution in [3.05, 3.63) is 63.6 Å². The summed E-state index contributed by atoms with van der Waals surface area (Å²) in [6.45, 7) is 5.42. The third kappa shape index (κ3) is 3.16. The summed E-state index contributed by atoms with van der Waals surface area (Å²) in [6.07, 6.45) is 1.37. The molecular weight excluding hydrogens is 379 g/mol. The largest absolute Gasteiger partial charge is 0.324 e. The first kappa shape index (κ1) is 18.2. The second-order valence-corrected chi connectivity index (χ2v) is 7.72. The predicted molar refractivity (Wildman–Crippen MR) is 108 cm³/mol. The van der Waals surface area contributed by atoms with Crippen LogP contribution in [-0.4, -0.2) is 20.4 Å². The molecule has 0 fully saturated rings. The summed E-state index contributed by atoms with van der Waals surface area (Å²) in [7, 11) is 0. The van der Waals surface area contributed by atoms with Crippen molar-refractivity contribution >= 4 is 43.4 Å². The number of carbonyl (C=O) groups is 1. The van der Waals surface area contributed by atoms with E-state index in [1.807, 2.05) is 19.9 Å². The van der Waals surface area contributed by atoms with Gasteiger partial charge < -0.3 is 5.32 Å². The summed E-state index contributed by atoms with van der Waals surface area (Å²) in [5.41, 5.74) is 3.31. The Hall–Kier alpha value is -3.13. The number of hydrogen-bond acceptors (Lipinski definition) is 5. The van der Waals surface area contributed by atoms with Crippen molar-refractivity contribution in [2.45, 2.75) is 27.3 Å². The standard InChI is InChI=1S/C20H17FN4O2S/c1-10-4-5-13(21)7-14(10)24-15(26)8-25-9-22-17-16-11(2)6-12(3)23-19(16)28-18(17)20(25)27/h4-7,9H,8H2,1-3H3,(H,24,26). The molecule has 3 heterocycles. The van der Waals surface area contributed by atoms with Gasteiger partial charge in [-0.25, -0.2) is 14.4 Å². The van der Waals surface area contributed by atoms with Crippen molar-refractivity contribution in [2.24, 2.45) is 0 Å². The minimum Gasteiger partial charge on any atom is -0.324 e. The Morgan fingerprint density at radius 1 is 1.21 bits per heavy atom. The molecular formula is C20H17FN4O2S. The lowest BCUT2D eigenvalue weighted by Gasteiger charge is -2.09. The maximum absolute atomic E-state index is 13.4. The fraction of sp³-hybridized carbons (Fsp3) is 0.200. The van der Waals surface area contributed by atoms with E-state index in [0.717, 1.165) is 27.0 Å². The number of aromatic nitrogens is 3. The molecule has 142 valence electrons. The molecule has 1 N–H and O–H groups in total. The van der Waals surface area contributed by atoms with Crippen molar-refractivity contribution in [3.8, 4) is 0 Å². The number of benzene rings is 1. The van der Waals surface area contributed by atoms with E-state index in [0.29, 0.717) is 15.9 Å². The molecule has 0 saturated carbocycles. The summed E-state index contributed by atoms with van der Waals surface area (Å²) in [4.78, 5) is 34.9. The number of aryl methyl sites for hydroxylation is 3. The van der Waals surface area contributed by atoms with Crippen LogP contribution in [0, 0.1) is 26.6 Å². The SMILES string of the molecule is Cc1cc(C)c2c(n1)sc1c(=O)n(CC(=O)Nc3cc(F)ccc3C)cnc12. The van der Waals surface area contributed by atoms with Gasteiger partial charge in [-0.2, -0.15) is 0 Å². The number of nitrogens with zero attached hydrogens (tertiary/aromatic N) is 3. The van der Waals surface area contributed by atoms with E-state index in [2.05, 4.69) is 15.3 Å². The lowest BCUT2D eigenvalue weighted by Crippen LogP contribution is -2.27. The molecule has 3 aromatic heterocycles. The van der Waals surface area contributed by atoms with Crippen molar-refractivity contribution < 1.29 is 9.18 Å². The minimum absolute atomic E-state index is 0.211. The zero-order valence-electron chi connectivity index (χ0n) is 15.5. The van der Waals surface area contributed by atoms with Crippen LogP contribution in [0.15, 0.2) is 35.4 Å². The zero-order valence-corrected chi connectivity index (χ0v) is 16.4. The Morgan fingerprint density at radius 3 is 2.79 bits per heavy atom. The van der Waals surface area contributed by atoms with E-state index in [1.54, 1.807) is 13.0 Å². The van der Waals surface area contributed by atoms with Crippen LogP contribution in [0.2, 0.25) is 0 Å². The highest BCUT2D eigenvalue weighted by atomic mass is 32.1. The molecule has 0 saturated heterocycles. The summed E-state index contributed by atoms with van der Waals surface area (Å²) in [6, 6.07) is 6.11. The third-order valence-corrected chi connectivity index (χ3v) is 5.59. The van der Waals surface area contributed by atoms with Gasteiger partial charge in [-0.1, -0.05) is 6.07 Å². The van der Waals surface area contributed by atoms with E-state index in [4.69, 9.17) is 0 Å². The Morgan fingerprint density at radius 2 is 2.00 bits per heavy atom. The Bertz CT molecular complexity index is 1310. The van der Waals surface area contributed by atoms with Gasteiger partial charge in [0, 0.05) is 16.8 Å². The zero-order chi connectivity index (χ0) is 20.0. The van der Waals surface area contributed by atoms with Gasteiger partial charge in [0.05, 0.1) is 11.8 Å². The average Bonchev–Trinajstić information content (AvgIpc) is 3.00. The lowest BCUT2D eigenvalue weighted by atomic mass is 10.1. The first-order valence-electron chi connectivity index (χ1n) is 8.65. The molecule has 0 aliphatic heterocycles. The molecule has 0 atom stereocenters. The fourth-order valence-corrected chi connectivity index (χ4v) is 4.39. The number of thiophene rings is 1.